The van der Waals surface area contributed by atoms with Crippen molar-refractivity contribution in [1.29, 1.82) is 0 Å². The van der Waals surface area contributed by atoms with E-state index in [9.17, 15) is 24.1 Å². The Morgan fingerprint density at radius 1 is 1.26 bits per heavy atom. The van der Waals surface area contributed by atoms with Crippen LogP contribution in [0.3, 0.4) is 0 Å². The molecule has 0 bridgehead atoms. The second-order valence-electron chi connectivity index (χ2n) is 8.98. The van der Waals surface area contributed by atoms with Gasteiger partial charge in [0.05, 0.1) is 13.2 Å². The van der Waals surface area contributed by atoms with Crippen LogP contribution in [0.2, 0.25) is 0 Å². The number of halogens is 2. The number of aromatic nitrogens is 2. The van der Waals surface area contributed by atoms with Crippen LogP contribution in [0.4, 0.5) is 4.39 Å². The number of aliphatic hydroxyl groups is 1. The van der Waals surface area contributed by atoms with E-state index >= 15 is 4.39 Å². The fraction of sp³-hybridized carbons (Fsp3) is 0.500. The maximum absolute atomic E-state index is 15.8. The number of para-hydroxylation sites is 2. The first-order chi connectivity index (χ1) is 17.7. The molecule has 1 aromatic carbocycles. The molecule has 1 aromatic heterocycles. The minimum atomic E-state index is -4.60. The van der Waals surface area contributed by atoms with Crippen molar-refractivity contribution in [3.63, 3.8) is 0 Å². The highest BCUT2D eigenvalue weighted by Crippen LogP contribution is 2.67. The van der Waals surface area contributed by atoms with E-state index in [1.165, 1.54) is 26.2 Å². The lowest BCUT2D eigenvalue weighted by Gasteiger charge is -2.30. The van der Waals surface area contributed by atoms with Crippen molar-refractivity contribution >= 4 is 25.3 Å². The van der Waals surface area contributed by atoms with E-state index in [1.54, 1.807) is 26.0 Å². The Morgan fingerprint density at radius 2 is 1.92 bits per heavy atom. The number of fused-ring (bicyclic) bond motifs is 1. The predicted octanol–water partition coefficient (Wildman–Crippen LogP) is 1.59. The summed E-state index contributed by atoms with van der Waals surface area (Å²) in [5.74, 6) is -0.673. The van der Waals surface area contributed by atoms with Crippen LogP contribution < -0.4 is 25.6 Å². The van der Waals surface area contributed by atoms with Crippen molar-refractivity contribution in [2.75, 3.05) is 7.11 Å². The van der Waals surface area contributed by atoms with Crippen LogP contribution in [0.5, 0.6) is 11.5 Å². The first kappa shape index (κ1) is 28.3. The van der Waals surface area contributed by atoms with Gasteiger partial charge in [-0.2, -0.15) is 5.09 Å². The molecule has 1 aliphatic carbocycles. The third kappa shape index (κ3) is 4.99. The lowest BCUT2D eigenvalue weighted by atomic mass is 10.1. The molecule has 38 heavy (non-hydrogen) atoms. The Morgan fingerprint density at radius 3 is 2.47 bits per heavy atom. The minimum absolute atomic E-state index is 0.0518. The summed E-state index contributed by atoms with van der Waals surface area (Å²) >= 11 is 6.04. The molecule has 208 valence electrons. The monoisotopic (exact) mass is 577 g/mol. The smallest absolute Gasteiger partial charge is 0.460 e. The van der Waals surface area contributed by atoms with E-state index in [1.807, 2.05) is 4.98 Å². The van der Waals surface area contributed by atoms with E-state index in [0.29, 0.717) is 4.57 Å². The molecule has 1 saturated heterocycles. The van der Waals surface area contributed by atoms with Gasteiger partial charge in [-0.05, 0) is 32.9 Å². The zero-order valence-corrected chi connectivity index (χ0v) is 22.3. The van der Waals surface area contributed by atoms with Crippen molar-refractivity contribution in [2.45, 2.75) is 62.1 Å². The third-order valence-corrected chi connectivity index (χ3v) is 7.99. The Kier molecular flexibility index (Phi) is 7.51. The highest BCUT2D eigenvalue weighted by atomic mass is 35.5. The summed E-state index contributed by atoms with van der Waals surface area (Å²) in [7, 11) is -3.26. The second-order valence-corrected chi connectivity index (χ2v) is 11.2. The molecule has 13 nitrogen and oxygen atoms in total. The van der Waals surface area contributed by atoms with Gasteiger partial charge in [-0.1, -0.05) is 23.7 Å². The van der Waals surface area contributed by atoms with E-state index in [0.717, 1.165) is 12.3 Å². The normalized spacial score (nSPS) is 30.3. The number of rotatable bonds is 10. The number of H-pyrrole nitrogens is 1. The number of alkyl halides is 2. The molecule has 4 rings (SSSR count). The van der Waals surface area contributed by atoms with E-state index in [-0.39, 0.29) is 11.5 Å². The molecule has 7 atom stereocenters. The molecule has 16 heteroatoms. The zero-order valence-electron chi connectivity index (χ0n) is 20.6. The van der Waals surface area contributed by atoms with Crippen LogP contribution >= 0.6 is 19.3 Å². The summed E-state index contributed by atoms with van der Waals surface area (Å²) in [6.07, 6.45) is -4.53. The Labute approximate surface area is 220 Å². The number of carbonyl (C=O) groups is 1. The molecule has 3 N–H and O–H groups in total. The quantitative estimate of drug-likeness (QED) is 0.213. The van der Waals surface area contributed by atoms with E-state index < -0.39 is 66.3 Å². The predicted molar refractivity (Wildman–Crippen MR) is 130 cm³/mol. The van der Waals surface area contributed by atoms with Crippen LogP contribution in [0, 0.1) is 0 Å². The highest BCUT2D eigenvalue weighted by Gasteiger charge is 2.87. The van der Waals surface area contributed by atoms with Gasteiger partial charge in [-0.15, -0.1) is 0 Å². The van der Waals surface area contributed by atoms with Gasteiger partial charge in [-0.25, -0.2) is 13.8 Å². The maximum Gasteiger partial charge on any atom is 0.460 e. The van der Waals surface area contributed by atoms with Gasteiger partial charge in [0, 0.05) is 12.3 Å². The molecule has 0 amide bonds. The molecule has 1 aliphatic heterocycles. The van der Waals surface area contributed by atoms with Crippen molar-refractivity contribution in [3.8, 4) is 11.5 Å². The van der Waals surface area contributed by atoms with Gasteiger partial charge in [0.2, 0.25) is 0 Å². The Bertz CT molecular complexity index is 1380. The molecular weight excluding hydrogens is 552 g/mol. The number of benzene rings is 1. The van der Waals surface area contributed by atoms with Crippen LogP contribution in [-0.2, 0) is 23.4 Å². The molecule has 2 fully saturated rings. The fourth-order valence-electron chi connectivity index (χ4n) is 3.95. The minimum Gasteiger partial charge on any atom is -0.493 e. The first-order valence-electron chi connectivity index (χ1n) is 11.4. The number of hydrogen-bond donors (Lipinski definition) is 3. The summed E-state index contributed by atoms with van der Waals surface area (Å²) in [6.45, 7) is 4.58. The summed E-state index contributed by atoms with van der Waals surface area (Å²) in [4.78, 5) is 37.8. The Balaban J connectivity index is 1.61. The molecule has 2 aromatic rings. The lowest BCUT2D eigenvalue weighted by Crippen LogP contribution is -2.47. The number of nitrogens with zero attached hydrogens (tertiary/aromatic N) is 1. The van der Waals surface area contributed by atoms with Gasteiger partial charge < -0.3 is 23.8 Å². The largest absolute Gasteiger partial charge is 0.493 e. The number of hydrogen-bond acceptors (Lipinski definition) is 10. The fourth-order valence-corrected chi connectivity index (χ4v) is 6.04. The average Bonchev–Trinajstić information content (AvgIpc) is 3.31. The zero-order chi connectivity index (χ0) is 28.0. The summed E-state index contributed by atoms with van der Waals surface area (Å²) < 4.78 is 57.2. The standard InChI is InChI=1S/C22H26ClFN3O10P/c1-11(2)34-18(29)12(3)26-38(32,36-14-8-6-5-7-13(14)33-4)37-17-16-21(17,31)22(23,24)19(35-16)27-10-9-15(28)25-20(27)30/h5-12,16-17,19,31H,1-4H3,(H,26,32)(H,25,28,30)/t12-,16+,17?,19+,21-,22-,38?/m0/s1. The molecule has 2 aliphatic rings. The van der Waals surface area contributed by atoms with Gasteiger partial charge in [-0.3, -0.25) is 23.7 Å². The molecule has 0 spiro atoms. The highest BCUT2D eigenvalue weighted by molar-refractivity contribution is 7.52. The molecule has 2 heterocycles. The summed E-state index contributed by atoms with van der Waals surface area (Å²) in [6, 6.07) is 5.81. The summed E-state index contributed by atoms with van der Waals surface area (Å²) in [5.41, 5.74) is -4.35. The van der Waals surface area contributed by atoms with Crippen molar-refractivity contribution in [3.05, 3.63) is 57.4 Å². The van der Waals surface area contributed by atoms with Gasteiger partial charge >= 0.3 is 19.4 Å². The Hall–Kier alpha value is -2.74. The number of nitrogens with one attached hydrogen (secondary N) is 2. The van der Waals surface area contributed by atoms with Gasteiger partial charge in [0.15, 0.2) is 23.3 Å². The number of carbonyl (C=O) groups excluding carboxylic acids is 1. The van der Waals surface area contributed by atoms with Crippen LogP contribution in [0.15, 0.2) is 46.1 Å². The topological polar surface area (TPSA) is 167 Å². The van der Waals surface area contributed by atoms with E-state index in [2.05, 4.69) is 5.09 Å². The van der Waals surface area contributed by atoms with Crippen LogP contribution in [-0.4, -0.2) is 62.8 Å². The lowest BCUT2D eigenvalue weighted by molar-refractivity contribution is -0.149. The SMILES string of the molecule is COc1ccccc1OP(=O)(N[C@@H](C)C(=O)OC(C)C)OC1[C@H]2O[C@@H](n3ccc(=O)[nH]c3=O)[C@@](F)(Cl)[C@@]12O. The van der Waals surface area contributed by atoms with Crippen molar-refractivity contribution in [2.24, 2.45) is 0 Å². The molecule has 2 unspecified atom stereocenters. The van der Waals surface area contributed by atoms with Gasteiger partial charge in [0.1, 0.15) is 18.2 Å². The number of ether oxygens (including phenoxy) is 3. The van der Waals surface area contributed by atoms with E-state index in [4.69, 9.17) is 34.9 Å². The summed E-state index contributed by atoms with van der Waals surface area (Å²) in [5, 5.41) is 10.3. The number of methoxy groups -OCH3 is 1. The maximum atomic E-state index is 15.8. The molecule has 1 saturated carbocycles. The first-order valence-corrected chi connectivity index (χ1v) is 13.3. The number of esters is 1. The van der Waals surface area contributed by atoms with Gasteiger partial charge in [0.25, 0.3) is 10.7 Å². The number of aromatic amines is 1. The van der Waals surface area contributed by atoms with Crippen LogP contribution in [0.1, 0.15) is 27.0 Å². The second kappa shape index (κ2) is 10.1. The third-order valence-electron chi connectivity index (χ3n) is 5.85. The van der Waals surface area contributed by atoms with Crippen molar-refractivity contribution in [1.82, 2.24) is 14.6 Å². The van der Waals surface area contributed by atoms with Crippen LogP contribution in [0.25, 0.3) is 0 Å². The molecular formula is C22H26ClFN3O10P. The average molecular weight is 578 g/mol. The van der Waals surface area contributed by atoms with Crippen molar-refractivity contribution < 1.29 is 42.1 Å². The molecule has 0 radical (unpaired) electrons.